The Morgan fingerprint density at radius 1 is 1.06 bits per heavy atom. The van der Waals surface area contributed by atoms with Gasteiger partial charge in [-0.2, -0.15) is 8.42 Å². The Bertz CT molecular complexity index is 326. The molecule has 0 heterocycles. The van der Waals surface area contributed by atoms with Crippen LogP contribution in [-0.4, -0.2) is 26.2 Å². The molecule has 0 rings (SSSR count). The predicted molar refractivity (Wildman–Crippen MR) is 62.0 cm³/mol. The molecule has 0 aromatic rings. The Morgan fingerprint density at radius 2 is 1.47 bits per heavy atom. The minimum atomic E-state index is -4.87. The van der Waals surface area contributed by atoms with Crippen LogP contribution in [0.4, 0.5) is 0 Å². The fourth-order valence-electron chi connectivity index (χ4n) is 0.837. The predicted octanol–water partition coefficient (Wildman–Crippen LogP) is 2.55. The van der Waals surface area contributed by atoms with Gasteiger partial charge in [0.05, 0.1) is 13.2 Å². The van der Waals surface area contributed by atoms with Crippen LogP contribution < -0.4 is 0 Å². The summed E-state index contributed by atoms with van der Waals surface area (Å²) in [6.45, 7) is 3.84. The van der Waals surface area contributed by atoms with Gasteiger partial charge >= 0.3 is 18.2 Å². The average Bonchev–Trinajstić information content (AvgIpc) is 2.15. The largest absolute Gasteiger partial charge is 0.491 e. The molecule has 104 valence electrons. The second-order valence-corrected chi connectivity index (χ2v) is 6.19. The molecule has 0 bridgehead atoms. The highest BCUT2D eigenvalue weighted by molar-refractivity contribution is 7.85. The van der Waals surface area contributed by atoms with Crippen molar-refractivity contribution in [3.63, 3.8) is 0 Å². The zero-order valence-electron chi connectivity index (χ0n) is 9.99. The molecular formula is C8H19O7PS. The summed E-state index contributed by atoms with van der Waals surface area (Å²) in [6, 6.07) is 0. The van der Waals surface area contributed by atoms with Gasteiger partial charge in [0.25, 0.3) is 0 Å². The molecule has 0 saturated heterocycles. The molecule has 0 atom stereocenters. The average molecular weight is 290 g/mol. The van der Waals surface area contributed by atoms with Crippen molar-refractivity contribution in [2.75, 3.05) is 13.2 Å². The van der Waals surface area contributed by atoms with Crippen LogP contribution in [0.15, 0.2) is 0 Å². The monoisotopic (exact) mass is 290 g/mol. The third kappa shape index (κ3) is 9.70. The molecule has 9 heteroatoms. The van der Waals surface area contributed by atoms with Crippen LogP contribution in [-0.2, 0) is 28.0 Å². The highest BCUT2D eigenvalue weighted by Gasteiger charge is 2.32. The zero-order valence-corrected chi connectivity index (χ0v) is 11.7. The van der Waals surface area contributed by atoms with Gasteiger partial charge in [-0.25, -0.2) is 4.57 Å². The second-order valence-electron chi connectivity index (χ2n) is 3.32. The molecule has 0 aliphatic carbocycles. The molecule has 7 nitrogen and oxygen atoms in total. The first-order valence-corrected chi connectivity index (χ1v) is 8.23. The summed E-state index contributed by atoms with van der Waals surface area (Å²) in [6.07, 6.45) is 2.72. The molecular weight excluding hydrogens is 271 g/mol. The van der Waals surface area contributed by atoms with Gasteiger partial charge in [-0.15, -0.1) is 3.97 Å². The summed E-state index contributed by atoms with van der Waals surface area (Å²) in [5, 5.41) is 0. The topological polar surface area (TPSA) is 99.1 Å². The van der Waals surface area contributed by atoms with Crippen molar-refractivity contribution in [1.29, 1.82) is 0 Å². The van der Waals surface area contributed by atoms with Gasteiger partial charge in [-0.3, -0.25) is 13.6 Å². The molecule has 17 heavy (non-hydrogen) atoms. The quantitative estimate of drug-likeness (QED) is 0.375. The smallest absolute Gasteiger partial charge is 0.286 e. The lowest BCUT2D eigenvalue weighted by atomic mass is 10.4. The highest BCUT2D eigenvalue weighted by Crippen LogP contribution is 2.51. The maximum Gasteiger partial charge on any atom is 0.491 e. The lowest BCUT2D eigenvalue weighted by Crippen LogP contribution is -2.08. The summed E-state index contributed by atoms with van der Waals surface area (Å²) in [4.78, 5) is 0. The van der Waals surface area contributed by atoms with Crippen LogP contribution in [0.25, 0.3) is 0 Å². The van der Waals surface area contributed by atoms with E-state index in [4.69, 9.17) is 13.6 Å². The van der Waals surface area contributed by atoms with Gasteiger partial charge in [0, 0.05) is 0 Å². The van der Waals surface area contributed by atoms with Crippen molar-refractivity contribution in [2.45, 2.75) is 39.5 Å². The third-order valence-corrected chi connectivity index (χ3v) is 4.16. The van der Waals surface area contributed by atoms with E-state index in [1.165, 1.54) is 0 Å². The van der Waals surface area contributed by atoms with Crippen LogP contribution in [0, 0.1) is 0 Å². The lowest BCUT2D eigenvalue weighted by Gasteiger charge is -2.15. The normalized spacial score (nSPS) is 12.9. The van der Waals surface area contributed by atoms with E-state index >= 15 is 0 Å². The number of rotatable bonds is 10. The van der Waals surface area contributed by atoms with Crippen molar-refractivity contribution in [1.82, 2.24) is 0 Å². The molecule has 0 spiro atoms. The number of hydrogen-bond donors (Lipinski definition) is 1. The van der Waals surface area contributed by atoms with Crippen molar-refractivity contribution in [2.24, 2.45) is 0 Å². The maximum atomic E-state index is 11.8. The first-order chi connectivity index (χ1) is 7.83. The van der Waals surface area contributed by atoms with E-state index in [0.717, 1.165) is 12.8 Å². The van der Waals surface area contributed by atoms with Crippen LogP contribution in [0.5, 0.6) is 0 Å². The van der Waals surface area contributed by atoms with Gasteiger partial charge in [0.15, 0.2) is 0 Å². The summed E-state index contributed by atoms with van der Waals surface area (Å²) >= 11 is 0. The summed E-state index contributed by atoms with van der Waals surface area (Å²) in [5.74, 6) is 0. The van der Waals surface area contributed by atoms with Gasteiger partial charge < -0.3 is 0 Å². The lowest BCUT2D eigenvalue weighted by molar-refractivity contribution is 0.149. The minimum absolute atomic E-state index is 0.0371. The van der Waals surface area contributed by atoms with Crippen LogP contribution in [0.2, 0.25) is 0 Å². The molecule has 0 saturated carbocycles. The molecule has 0 aromatic carbocycles. The molecule has 0 aliphatic rings. The number of hydrogen-bond acceptors (Lipinski definition) is 6. The van der Waals surface area contributed by atoms with Crippen molar-refractivity contribution < 1.29 is 30.6 Å². The minimum Gasteiger partial charge on any atom is -0.286 e. The van der Waals surface area contributed by atoms with E-state index in [9.17, 15) is 13.0 Å². The number of unbranched alkanes of at least 4 members (excludes halogenated alkanes) is 2. The van der Waals surface area contributed by atoms with Crippen LogP contribution in [0.1, 0.15) is 39.5 Å². The Hall–Kier alpha value is 0.0200. The van der Waals surface area contributed by atoms with E-state index in [1.54, 1.807) is 0 Å². The number of phosphoric acid groups is 1. The maximum absolute atomic E-state index is 11.8. The fraction of sp³-hybridized carbons (Fsp3) is 1.00. The Labute approximate surface area is 102 Å². The van der Waals surface area contributed by atoms with Crippen molar-refractivity contribution >= 4 is 18.2 Å². The van der Waals surface area contributed by atoms with Crippen molar-refractivity contribution in [3.05, 3.63) is 0 Å². The Morgan fingerprint density at radius 3 is 1.76 bits per heavy atom. The molecule has 0 amide bonds. The SMILES string of the molecule is CCCCOP(=O)(OCCCC)OS(=O)(=O)O. The fourth-order valence-corrected chi connectivity index (χ4v) is 2.88. The van der Waals surface area contributed by atoms with Crippen molar-refractivity contribution in [3.8, 4) is 0 Å². The summed E-state index contributed by atoms with van der Waals surface area (Å²) in [7, 11) is -9.11. The summed E-state index contributed by atoms with van der Waals surface area (Å²) < 4.78 is 54.8. The second kappa shape index (κ2) is 8.18. The van der Waals surface area contributed by atoms with Gasteiger partial charge in [0.2, 0.25) is 0 Å². The molecule has 0 fully saturated rings. The molecule has 0 aliphatic heterocycles. The molecule has 0 radical (unpaired) electrons. The number of phosphoric ester groups is 1. The van der Waals surface area contributed by atoms with Gasteiger partial charge in [0.1, 0.15) is 0 Å². The van der Waals surface area contributed by atoms with Gasteiger partial charge in [-0.1, -0.05) is 26.7 Å². The van der Waals surface area contributed by atoms with E-state index in [2.05, 4.69) is 3.97 Å². The Kier molecular flexibility index (Phi) is 8.19. The van der Waals surface area contributed by atoms with Crippen LogP contribution in [0.3, 0.4) is 0 Å². The van der Waals surface area contributed by atoms with E-state index in [-0.39, 0.29) is 13.2 Å². The van der Waals surface area contributed by atoms with Gasteiger partial charge in [-0.05, 0) is 12.8 Å². The molecule has 1 N–H and O–H groups in total. The van der Waals surface area contributed by atoms with Crippen LogP contribution >= 0.6 is 7.82 Å². The highest BCUT2D eigenvalue weighted by atomic mass is 32.3. The first-order valence-electron chi connectivity index (χ1n) is 5.40. The van der Waals surface area contributed by atoms with E-state index in [1.807, 2.05) is 13.8 Å². The first kappa shape index (κ1) is 17.0. The van der Waals surface area contributed by atoms with E-state index < -0.39 is 18.2 Å². The van der Waals surface area contributed by atoms with E-state index in [0.29, 0.717) is 12.8 Å². The standard InChI is InChI=1S/C8H19O7PS/c1-3-5-7-13-16(9,14-8-6-4-2)15-17(10,11)12/h3-8H2,1-2H3,(H,10,11,12). The molecule has 0 aromatic heterocycles. The summed E-state index contributed by atoms with van der Waals surface area (Å²) in [5.41, 5.74) is 0. The zero-order chi connectivity index (χ0) is 13.4. The molecule has 0 unspecified atom stereocenters. The Balaban J connectivity index is 4.40. The third-order valence-electron chi connectivity index (χ3n) is 1.68.